The molecule has 7 heteroatoms. The van der Waals surface area contributed by atoms with Crippen molar-refractivity contribution in [1.29, 1.82) is 0 Å². The number of halogens is 1. The fourth-order valence-corrected chi connectivity index (χ4v) is 4.56. The highest BCUT2D eigenvalue weighted by molar-refractivity contribution is 6.03. The van der Waals surface area contributed by atoms with E-state index in [0.29, 0.717) is 25.1 Å². The lowest BCUT2D eigenvalue weighted by atomic mass is 9.97. The molecule has 2 heterocycles. The van der Waals surface area contributed by atoms with E-state index < -0.39 is 6.04 Å². The Kier molecular flexibility index (Phi) is 7.18. The van der Waals surface area contributed by atoms with Crippen molar-refractivity contribution in [2.24, 2.45) is 11.0 Å². The van der Waals surface area contributed by atoms with Gasteiger partial charge in [0.25, 0.3) is 5.91 Å². The van der Waals surface area contributed by atoms with E-state index in [4.69, 9.17) is 4.74 Å². The molecule has 1 saturated heterocycles. The quantitative estimate of drug-likeness (QED) is 0.621. The van der Waals surface area contributed by atoms with E-state index in [2.05, 4.69) is 5.10 Å². The number of rotatable bonds is 6. The molecule has 0 spiro atoms. The van der Waals surface area contributed by atoms with E-state index in [9.17, 15) is 14.0 Å². The zero-order chi connectivity index (χ0) is 23.4. The summed E-state index contributed by atoms with van der Waals surface area (Å²) in [4.78, 5) is 27.5. The maximum absolute atomic E-state index is 14.7. The van der Waals surface area contributed by atoms with Gasteiger partial charge < -0.3 is 4.74 Å². The normalized spacial score (nSPS) is 21.1. The lowest BCUT2D eigenvalue weighted by Crippen LogP contribution is -2.45. The minimum atomic E-state index is -0.499. The minimum Gasteiger partial charge on any atom is -0.466 e. The number of piperidine rings is 1. The third-order valence-electron chi connectivity index (χ3n) is 6.30. The summed E-state index contributed by atoms with van der Waals surface area (Å²) in [5, 5.41) is 6.08. The number of nitrogens with zero attached hydrogens (tertiary/aromatic N) is 3. The van der Waals surface area contributed by atoms with Crippen LogP contribution < -0.4 is 0 Å². The molecule has 174 valence electrons. The van der Waals surface area contributed by atoms with Crippen molar-refractivity contribution in [2.75, 3.05) is 26.2 Å². The molecule has 0 aliphatic carbocycles. The SMILES string of the molecule is CCOC(=O)[C@@H]1CCCN(CC(=O)N2N=C(c3ccc(C)cc3)C[C@H]2c2ccccc2F)C1. The van der Waals surface area contributed by atoms with Gasteiger partial charge in [-0.05, 0) is 44.9 Å². The van der Waals surface area contributed by atoms with Crippen molar-refractivity contribution in [3.8, 4) is 0 Å². The largest absolute Gasteiger partial charge is 0.466 e. The number of hydrazone groups is 1. The fourth-order valence-electron chi connectivity index (χ4n) is 4.56. The first-order valence-electron chi connectivity index (χ1n) is 11.6. The molecule has 0 radical (unpaired) electrons. The summed E-state index contributed by atoms with van der Waals surface area (Å²) in [6, 6.07) is 14.0. The number of esters is 1. The summed E-state index contributed by atoms with van der Waals surface area (Å²) in [5.74, 6) is -0.977. The number of ether oxygens (including phenoxy) is 1. The van der Waals surface area contributed by atoms with Crippen molar-refractivity contribution in [1.82, 2.24) is 9.91 Å². The topological polar surface area (TPSA) is 62.2 Å². The molecule has 2 atom stereocenters. The second-order valence-corrected chi connectivity index (χ2v) is 8.72. The number of likely N-dealkylation sites (tertiary alicyclic amines) is 1. The van der Waals surface area contributed by atoms with Crippen molar-refractivity contribution < 1.29 is 18.7 Å². The van der Waals surface area contributed by atoms with E-state index in [1.165, 1.54) is 11.1 Å². The molecule has 2 aromatic rings. The van der Waals surface area contributed by atoms with Crippen LogP contribution >= 0.6 is 0 Å². The van der Waals surface area contributed by atoms with Gasteiger partial charge in [0.05, 0.1) is 30.8 Å². The van der Waals surface area contributed by atoms with Gasteiger partial charge in [-0.15, -0.1) is 0 Å². The number of carbonyl (C=O) groups excluding carboxylic acids is 2. The van der Waals surface area contributed by atoms with Gasteiger partial charge in [-0.1, -0.05) is 48.0 Å². The molecule has 2 aliphatic rings. The number of hydrogen-bond acceptors (Lipinski definition) is 5. The van der Waals surface area contributed by atoms with E-state index in [0.717, 1.165) is 36.2 Å². The lowest BCUT2D eigenvalue weighted by Gasteiger charge is -2.32. The Hall–Kier alpha value is -3.06. The predicted molar refractivity (Wildman–Crippen MR) is 124 cm³/mol. The van der Waals surface area contributed by atoms with Crippen LogP contribution in [0.1, 0.15) is 48.9 Å². The smallest absolute Gasteiger partial charge is 0.310 e. The summed E-state index contributed by atoms with van der Waals surface area (Å²) in [5.41, 5.74) is 3.29. The number of hydrogen-bond donors (Lipinski definition) is 0. The first kappa shape index (κ1) is 23.1. The molecule has 33 heavy (non-hydrogen) atoms. The monoisotopic (exact) mass is 451 g/mol. The van der Waals surface area contributed by atoms with Crippen molar-refractivity contribution >= 4 is 17.6 Å². The summed E-state index contributed by atoms with van der Waals surface area (Å²) in [7, 11) is 0. The van der Waals surface area contributed by atoms with Crippen LogP contribution in [0.5, 0.6) is 0 Å². The number of benzene rings is 2. The van der Waals surface area contributed by atoms with Gasteiger partial charge in [0, 0.05) is 18.5 Å². The number of aryl methyl sites for hydroxylation is 1. The molecule has 6 nitrogen and oxygen atoms in total. The first-order chi connectivity index (χ1) is 16.0. The van der Waals surface area contributed by atoms with E-state index in [1.807, 2.05) is 36.1 Å². The zero-order valence-electron chi connectivity index (χ0n) is 19.2. The summed E-state index contributed by atoms with van der Waals surface area (Å²) in [6.07, 6.45) is 2.04. The third kappa shape index (κ3) is 5.30. The van der Waals surface area contributed by atoms with Gasteiger partial charge in [-0.2, -0.15) is 5.10 Å². The fraction of sp³-hybridized carbons (Fsp3) is 0.423. The molecule has 0 N–H and O–H groups in total. The molecule has 1 amide bonds. The van der Waals surface area contributed by atoms with Crippen LogP contribution in [0.4, 0.5) is 4.39 Å². The molecule has 0 saturated carbocycles. The van der Waals surface area contributed by atoms with Gasteiger partial charge in [-0.3, -0.25) is 14.5 Å². The molecule has 2 aromatic carbocycles. The van der Waals surface area contributed by atoms with E-state index >= 15 is 0 Å². The Morgan fingerprint density at radius 3 is 2.64 bits per heavy atom. The zero-order valence-corrected chi connectivity index (χ0v) is 19.2. The maximum atomic E-state index is 14.7. The summed E-state index contributed by atoms with van der Waals surface area (Å²) >= 11 is 0. The van der Waals surface area contributed by atoms with Crippen molar-refractivity contribution in [3.63, 3.8) is 0 Å². The van der Waals surface area contributed by atoms with Crippen molar-refractivity contribution in [3.05, 3.63) is 71.0 Å². The molecular formula is C26H30FN3O3. The molecule has 2 aliphatic heterocycles. The summed E-state index contributed by atoms with van der Waals surface area (Å²) in [6.45, 7) is 5.50. The Balaban J connectivity index is 1.55. The van der Waals surface area contributed by atoms with E-state index in [-0.39, 0.29) is 30.2 Å². The van der Waals surface area contributed by atoms with Crippen LogP contribution in [0.15, 0.2) is 53.6 Å². The average molecular weight is 452 g/mol. The highest BCUT2D eigenvalue weighted by Gasteiger charge is 2.36. The average Bonchev–Trinajstić information content (AvgIpc) is 3.25. The van der Waals surface area contributed by atoms with Gasteiger partial charge in [0.15, 0.2) is 0 Å². The molecule has 4 rings (SSSR count). The van der Waals surface area contributed by atoms with Gasteiger partial charge in [-0.25, -0.2) is 9.40 Å². The number of amides is 1. The second-order valence-electron chi connectivity index (χ2n) is 8.72. The molecule has 0 unspecified atom stereocenters. The van der Waals surface area contributed by atoms with Crippen LogP contribution in [0.25, 0.3) is 0 Å². The number of carbonyl (C=O) groups is 2. The molecular weight excluding hydrogens is 421 g/mol. The van der Waals surface area contributed by atoms with Crippen molar-refractivity contribution in [2.45, 2.75) is 39.2 Å². The molecule has 0 bridgehead atoms. The second kappa shape index (κ2) is 10.3. The van der Waals surface area contributed by atoms with Crippen LogP contribution in [0, 0.1) is 18.7 Å². The van der Waals surface area contributed by atoms with Gasteiger partial charge in [0.1, 0.15) is 5.82 Å². The molecule has 0 aromatic heterocycles. The van der Waals surface area contributed by atoms with Crippen LogP contribution in [-0.2, 0) is 14.3 Å². The Morgan fingerprint density at radius 1 is 1.15 bits per heavy atom. The summed E-state index contributed by atoms with van der Waals surface area (Å²) < 4.78 is 19.9. The predicted octanol–water partition coefficient (Wildman–Crippen LogP) is 4.09. The minimum absolute atomic E-state index is 0.130. The van der Waals surface area contributed by atoms with Crippen LogP contribution in [0.2, 0.25) is 0 Å². The highest BCUT2D eigenvalue weighted by atomic mass is 19.1. The van der Waals surface area contributed by atoms with Gasteiger partial charge in [0.2, 0.25) is 0 Å². The first-order valence-corrected chi connectivity index (χ1v) is 11.6. The van der Waals surface area contributed by atoms with Crippen LogP contribution in [0.3, 0.4) is 0 Å². The maximum Gasteiger partial charge on any atom is 0.310 e. The third-order valence-corrected chi connectivity index (χ3v) is 6.30. The standard InChI is InChI=1S/C26H30FN3O3/c1-3-33-26(32)20-7-6-14-29(16-20)17-25(31)30-24(21-8-4-5-9-22(21)27)15-23(28-30)19-12-10-18(2)11-13-19/h4-5,8-13,20,24H,3,6-7,14-17H2,1-2H3/t20-,24+/m1/s1. The lowest BCUT2D eigenvalue weighted by molar-refractivity contribution is -0.150. The Morgan fingerprint density at radius 2 is 1.91 bits per heavy atom. The molecule has 1 fully saturated rings. The van der Waals surface area contributed by atoms with E-state index in [1.54, 1.807) is 25.1 Å². The van der Waals surface area contributed by atoms with Crippen LogP contribution in [-0.4, -0.2) is 53.7 Å². The highest BCUT2D eigenvalue weighted by Crippen LogP contribution is 2.34. The Bertz CT molecular complexity index is 1040. The van der Waals surface area contributed by atoms with Gasteiger partial charge >= 0.3 is 5.97 Å². The Labute approximate surface area is 194 Å².